The van der Waals surface area contributed by atoms with Crippen LogP contribution in [0.4, 0.5) is 0 Å². The summed E-state index contributed by atoms with van der Waals surface area (Å²) in [6, 6.07) is 5.62. The normalized spacial score (nSPS) is 10.9. The Hall–Kier alpha value is 0.170. The molecule has 1 aromatic carbocycles. The highest BCUT2D eigenvalue weighted by Crippen LogP contribution is 2.29. The summed E-state index contributed by atoms with van der Waals surface area (Å²) in [6.45, 7) is 0. The van der Waals surface area contributed by atoms with Crippen LogP contribution in [0.5, 0.6) is 0 Å². The van der Waals surface area contributed by atoms with E-state index in [4.69, 9.17) is 23.2 Å². The molecule has 0 aliphatic carbocycles. The van der Waals surface area contributed by atoms with Gasteiger partial charge in [-0.3, -0.25) is 0 Å². The zero-order valence-corrected chi connectivity index (χ0v) is 12.1. The third-order valence-electron chi connectivity index (χ3n) is 2.03. The van der Waals surface area contributed by atoms with Gasteiger partial charge in [0.1, 0.15) is 4.60 Å². The van der Waals surface area contributed by atoms with Crippen LogP contribution in [0.1, 0.15) is 5.56 Å². The average Bonchev–Trinajstić information content (AvgIpc) is 2.20. The first-order chi connectivity index (χ1) is 7.11. The molecule has 0 aliphatic heterocycles. The molecular weight excluding hydrogens is 365 g/mol. The lowest BCUT2D eigenvalue weighted by atomic mass is 10.2. The van der Waals surface area contributed by atoms with Gasteiger partial charge in [-0.05, 0) is 39.7 Å². The number of rotatable bonds is 1. The highest BCUT2D eigenvalue weighted by Gasteiger charge is 2.06. The fourth-order valence-corrected chi connectivity index (χ4v) is 2.86. The Morgan fingerprint density at radius 3 is 2.47 bits per heavy atom. The van der Waals surface area contributed by atoms with Crippen molar-refractivity contribution in [2.45, 2.75) is 5.33 Å². The van der Waals surface area contributed by atoms with Crippen LogP contribution in [-0.2, 0) is 5.33 Å². The summed E-state index contributed by atoms with van der Waals surface area (Å²) in [5.41, 5.74) is 1.92. The van der Waals surface area contributed by atoms with Crippen molar-refractivity contribution in [2.24, 2.45) is 0 Å². The predicted molar refractivity (Wildman–Crippen MR) is 72.1 cm³/mol. The van der Waals surface area contributed by atoms with Crippen LogP contribution >= 0.6 is 55.1 Å². The molecule has 0 N–H and O–H groups in total. The van der Waals surface area contributed by atoms with Crippen LogP contribution in [0.25, 0.3) is 10.9 Å². The standard InChI is InChI=1S/C10H5Br2Cl2N/c11-4-6-1-5-2-7(13)8(14)3-9(5)15-10(6)12/h1-3H,4H2. The molecular formula is C10H5Br2Cl2N. The maximum absolute atomic E-state index is 5.94. The van der Waals surface area contributed by atoms with Crippen molar-refractivity contribution >= 4 is 66.0 Å². The summed E-state index contributed by atoms with van der Waals surface area (Å²) in [6.07, 6.45) is 0. The third-order valence-corrected chi connectivity index (χ3v) is 4.04. The molecule has 0 unspecified atom stereocenters. The average molecular weight is 370 g/mol. The summed E-state index contributed by atoms with van der Waals surface area (Å²) in [4.78, 5) is 4.39. The topological polar surface area (TPSA) is 12.9 Å². The maximum atomic E-state index is 5.94. The van der Waals surface area contributed by atoms with Gasteiger partial charge in [0.05, 0.1) is 15.6 Å². The van der Waals surface area contributed by atoms with E-state index in [9.17, 15) is 0 Å². The zero-order valence-electron chi connectivity index (χ0n) is 7.40. The molecule has 15 heavy (non-hydrogen) atoms. The van der Waals surface area contributed by atoms with Crippen molar-refractivity contribution in [2.75, 3.05) is 0 Å². The maximum Gasteiger partial charge on any atom is 0.110 e. The molecule has 0 bridgehead atoms. The minimum absolute atomic E-state index is 0.523. The lowest BCUT2D eigenvalue weighted by Crippen LogP contribution is -1.87. The fourth-order valence-electron chi connectivity index (χ4n) is 1.28. The van der Waals surface area contributed by atoms with Crippen molar-refractivity contribution in [1.82, 2.24) is 4.98 Å². The summed E-state index contributed by atoms with van der Waals surface area (Å²) < 4.78 is 0.824. The number of hydrogen-bond donors (Lipinski definition) is 0. The number of aromatic nitrogens is 1. The van der Waals surface area contributed by atoms with E-state index in [1.807, 2.05) is 12.1 Å². The van der Waals surface area contributed by atoms with Crippen molar-refractivity contribution in [3.8, 4) is 0 Å². The third kappa shape index (κ3) is 2.31. The van der Waals surface area contributed by atoms with Gasteiger partial charge in [-0.15, -0.1) is 0 Å². The van der Waals surface area contributed by atoms with Gasteiger partial charge < -0.3 is 0 Å². The Kier molecular flexibility index (Phi) is 3.56. The molecule has 1 aromatic heterocycles. The van der Waals surface area contributed by atoms with Gasteiger partial charge in [0.15, 0.2) is 0 Å². The second-order valence-electron chi connectivity index (χ2n) is 3.03. The van der Waals surface area contributed by atoms with E-state index in [1.165, 1.54) is 0 Å². The summed E-state index contributed by atoms with van der Waals surface area (Å²) in [7, 11) is 0. The second-order valence-corrected chi connectivity index (χ2v) is 5.16. The van der Waals surface area contributed by atoms with Gasteiger partial charge in [0, 0.05) is 10.7 Å². The monoisotopic (exact) mass is 367 g/mol. The van der Waals surface area contributed by atoms with Gasteiger partial charge in [0.2, 0.25) is 0 Å². The Morgan fingerprint density at radius 2 is 1.80 bits per heavy atom. The quantitative estimate of drug-likeness (QED) is 0.497. The number of hydrogen-bond acceptors (Lipinski definition) is 1. The minimum Gasteiger partial charge on any atom is -0.241 e. The Labute approximate surface area is 114 Å². The molecule has 1 heterocycles. The van der Waals surface area contributed by atoms with Crippen molar-refractivity contribution in [3.63, 3.8) is 0 Å². The molecule has 5 heteroatoms. The number of halogens is 4. The van der Waals surface area contributed by atoms with Crippen LogP contribution in [0.15, 0.2) is 22.8 Å². The second kappa shape index (κ2) is 4.58. The molecule has 1 nitrogen and oxygen atoms in total. The van der Waals surface area contributed by atoms with Crippen LogP contribution in [0.2, 0.25) is 10.0 Å². The van der Waals surface area contributed by atoms with E-state index >= 15 is 0 Å². The molecule has 0 saturated carbocycles. The number of fused-ring (bicyclic) bond motifs is 1. The molecule has 0 amide bonds. The van der Waals surface area contributed by atoms with E-state index in [0.717, 1.165) is 26.4 Å². The van der Waals surface area contributed by atoms with Crippen LogP contribution < -0.4 is 0 Å². The van der Waals surface area contributed by atoms with Gasteiger partial charge in [0.25, 0.3) is 0 Å². The van der Waals surface area contributed by atoms with Gasteiger partial charge in [-0.1, -0.05) is 39.1 Å². The van der Waals surface area contributed by atoms with E-state index in [2.05, 4.69) is 36.8 Å². The zero-order chi connectivity index (χ0) is 11.0. The Balaban J connectivity index is 2.76. The van der Waals surface area contributed by atoms with Gasteiger partial charge in [-0.25, -0.2) is 4.98 Å². The highest BCUT2D eigenvalue weighted by atomic mass is 79.9. The van der Waals surface area contributed by atoms with E-state index in [1.54, 1.807) is 6.07 Å². The molecule has 2 aromatic rings. The molecule has 0 atom stereocenters. The number of alkyl halides is 1. The smallest absolute Gasteiger partial charge is 0.110 e. The Morgan fingerprint density at radius 1 is 1.13 bits per heavy atom. The first-order valence-electron chi connectivity index (χ1n) is 4.12. The molecule has 0 spiro atoms. The molecule has 78 valence electrons. The molecule has 2 rings (SSSR count). The molecule has 0 radical (unpaired) electrons. The van der Waals surface area contributed by atoms with Crippen LogP contribution in [0.3, 0.4) is 0 Å². The fraction of sp³-hybridized carbons (Fsp3) is 0.100. The van der Waals surface area contributed by atoms with E-state index < -0.39 is 0 Å². The largest absolute Gasteiger partial charge is 0.241 e. The summed E-state index contributed by atoms with van der Waals surface area (Å²) in [5.74, 6) is 0. The molecule has 0 aliphatic rings. The lowest BCUT2D eigenvalue weighted by Gasteiger charge is -2.04. The number of nitrogens with zero attached hydrogens (tertiary/aromatic N) is 1. The first-order valence-corrected chi connectivity index (χ1v) is 6.79. The highest BCUT2D eigenvalue weighted by molar-refractivity contribution is 9.10. The first kappa shape index (κ1) is 11.6. The number of benzene rings is 1. The van der Waals surface area contributed by atoms with Gasteiger partial charge in [-0.2, -0.15) is 0 Å². The number of pyridine rings is 1. The predicted octanol–water partition coefficient (Wildman–Crippen LogP) is 5.20. The minimum atomic E-state index is 0.523. The van der Waals surface area contributed by atoms with Crippen molar-refractivity contribution < 1.29 is 0 Å². The van der Waals surface area contributed by atoms with Crippen LogP contribution in [-0.4, -0.2) is 4.98 Å². The SMILES string of the molecule is Clc1cc2cc(CBr)c(Br)nc2cc1Cl. The summed E-state index contributed by atoms with van der Waals surface area (Å²) >= 11 is 18.7. The molecule has 0 saturated heterocycles. The lowest BCUT2D eigenvalue weighted by molar-refractivity contribution is 1.26. The van der Waals surface area contributed by atoms with E-state index in [-0.39, 0.29) is 0 Å². The van der Waals surface area contributed by atoms with E-state index in [0.29, 0.717) is 10.0 Å². The van der Waals surface area contributed by atoms with Crippen LogP contribution in [0, 0.1) is 0 Å². The summed E-state index contributed by atoms with van der Waals surface area (Å²) in [5, 5.41) is 2.81. The van der Waals surface area contributed by atoms with Crippen molar-refractivity contribution in [3.05, 3.63) is 38.4 Å². The van der Waals surface area contributed by atoms with Gasteiger partial charge >= 0.3 is 0 Å². The Bertz CT molecular complexity index is 528. The molecule has 0 fully saturated rings. The van der Waals surface area contributed by atoms with Crippen molar-refractivity contribution in [1.29, 1.82) is 0 Å².